The van der Waals surface area contributed by atoms with Crippen molar-refractivity contribution in [1.82, 2.24) is 4.31 Å². The van der Waals surface area contributed by atoms with Crippen LogP contribution in [0, 0.1) is 0 Å². The summed E-state index contributed by atoms with van der Waals surface area (Å²) >= 11 is 0. The van der Waals surface area contributed by atoms with Gasteiger partial charge in [0.15, 0.2) is 0 Å². The number of ether oxygens (including phenoxy) is 1. The second-order valence-electron chi connectivity index (χ2n) is 3.97. The molecule has 0 aromatic rings. The van der Waals surface area contributed by atoms with Crippen molar-refractivity contribution in [1.29, 1.82) is 0 Å². The average molecular weight is 265 g/mol. The highest BCUT2D eigenvalue weighted by Gasteiger charge is 2.36. The molecule has 7 heteroatoms. The van der Waals surface area contributed by atoms with Crippen LogP contribution in [0.4, 0.5) is 0 Å². The molecule has 1 saturated heterocycles. The van der Waals surface area contributed by atoms with Crippen LogP contribution in [0.15, 0.2) is 0 Å². The van der Waals surface area contributed by atoms with E-state index in [0.29, 0.717) is 19.6 Å². The standard InChI is InChI=1S/C10H19NO5S/c1-2-16-7-8-17(14,15)11-6-4-3-5-9(11)10(12)13/h9H,2-8H2,1H3,(H,12,13)/t9-/m0/s1. The summed E-state index contributed by atoms with van der Waals surface area (Å²) in [6.07, 6.45) is 1.87. The zero-order chi connectivity index (χ0) is 12.9. The van der Waals surface area contributed by atoms with E-state index in [4.69, 9.17) is 9.84 Å². The molecule has 0 amide bonds. The molecule has 0 aliphatic carbocycles. The van der Waals surface area contributed by atoms with E-state index >= 15 is 0 Å². The van der Waals surface area contributed by atoms with Crippen LogP contribution in [0.2, 0.25) is 0 Å². The third kappa shape index (κ3) is 3.93. The van der Waals surface area contributed by atoms with Crippen LogP contribution >= 0.6 is 0 Å². The number of rotatable bonds is 6. The van der Waals surface area contributed by atoms with Crippen LogP contribution in [0.5, 0.6) is 0 Å². The Morgan fingerprint density at radius 1 is 1.47 bits per heavy atom. The molecule has 100 valence electrons. The highest BCUT2D eigenvalue weighted by Crippen LogP contribution is 2.20. The lowest BCUT2D eigenvalue weighted by Gasteiger charge is -2.31. The molecule has 1 aliphatic rings. The lowest BCUT2D eigenvalue weighted by atomic mass is 10.1. The molecule has 1 N–H and O–H groups in total. The predicted molar refractivity (Wildman–Crippen MR) is 62.3 cm³/mol. The third-order valence-corrected chi connectivity index (χ3v) is 4.62. The molecule has 6 nitrogen and oxygen atoms in total. The van der Waals surface area contributed by atoms with Crippen molar-refractivity contribution in [2.24, 2.45) is 0 Å². The van der Waals surface area contributed by atoms with E-state index in [1.54, 1.807) is 6.92 Å². The molecule has 1 atom stereocenters. The monoisotopic (exact) mass is 265 g/mol. The summed E-state index contributed by atoms with van der Waals surface area (Å²) in [5.41, 5.74) is 0. The Morgan fingerprint density at radius 3 is 2.76 bits per heavy atom. The molecular formula is C10H19NO5S. The number of carbonyl (C=O) groups is 1. The van der Waals surface area contributed by atoms with Crippen LogP contribution in [0.1, 0.15) is 26.2 Å². The lowest BCUT2D eigenvalue weighted by Crippen LogP contribution is -2.49. The molecular weight excluding hydrogens is 246 g/mol. The molecule has 0 spiro atoms. The van der Waals surface area contributed by atoms with Gasteiger partial charge in [0, 0.05) is 13.2 Å². The van der Waals surface area contributed by atoms with Crippen molar-refractivity contribution in [3.05, 3.63) is 0 Å². The number of nitrogens with zero attached hydrogens (tertiary/aromatic N) is 1. The first kappa shape index (κ1) is 14.4. The molecule has 0 saturated carbocycles. The van der Waals surface area contributed by atoms with Crippen molar-refractivity contribution < 1.29 is 23.1 Å². The van der Waals surface area contributed by atoms with Crippen LogP contribution in [0.25, 0.3) is 0 Å². The Hall–Kier alpha value is -0.660. The fourth-order valence-corrected chi connectivity index (χ4v) is 3.46. The molecule has 1 rings (SSSR count). The fourth-order valence-electron chi connectivity index (χ4n) is 1.91. The minimum Gasteiger partial charge on any atom is -0.480 e. The van der Waals surface area contributed by atoms with Gasteiger partial charge in [0.25, 0.3) is 0 Å². The van der Waals surface area contributed by atoms with E-state index in [2.05, 4.69) is 0 Å². The number of aliphatic carboxylic acids is 1. The highest BCUT2D eigenvalue weighted by molar-refractivity contribution is 7.89. The van der Waals surface area contributed by atoms with Crippen LogP contribution in [0.3, 0.4) is 0 Å². The highest BCUT2D eigenvalue weighted by atomic mass is 32.2. The largest absolute Gasteiger partial charge is 0.480 e. The van der Waals surface area contributed by atoms with E-state index in [0.717, 1.165) is 17.1 Å². The smallest absolute Gasteiger partial charge is 0.322 e. The minimum absolute atomic E-state index is 0.113. The van der Waals surface area contributed by atoms with Crippen molar-refractivity contribution >= 4 is 16.0 Å². The zero-order valence-corrected chi connectivity index (χ0v) is 10.8. The Morgan fingerprint density at radius 2 is 2.18 bits per heavy atom. The maximum atomic E-state index is 12.0. The predicted octanol–water partition coefficient (Wildman–Crippen LogP) is 0.292. The summed E-state index contributed by atoms with van der Waals surface area (Å²) in [5.74, 6) is -1.21. The first-order chi connectivity index (χ1) is 7.99. The number of hydrogen-bond donors (Lipinski definition) is 1. The van der Waals surface area contributed by atoms with Crippen molar-refractivity contribution in [2.45, 2.75) is 32.2 Å². The summed E-state index contributed by atoms with van der Waals surface area (Å²) in [6, 6.07) is -0.907. The molecule has 1 heterocycles. The van der Waals surface area contributed by atoms with E-state index in [1.807, 2.05) is 0 Å². The maximum Gasteiger partial charge on any atom is 0.322 e. The summed E-state index contributed by atoms with van der Waals surface area (Å²) in [5, 5.41) is 9.01. The molecule has 0 unspecified atom stereocenters. The number of sulfonamides is 1. The number of carboxylic acid groups (broad SMARTS) is 1. The second-order valence-corrected chi connectivity index (χ2v) is 6.01. The zero-order valence-electron chi connectivity index (χ0n) is 9.96. The van der Waals surface area contributed by atoms with Gasteiger partial charge in [-0.1, -0.05) is 0 Å². The van der Waals surface area contributed by atoms with Gasteiger partial charge in [0.2, 0.25) is 10.0 Å². The fraction of sp³-hybridized carbons (Fsp3) is 0.900. The van der Waals surface area contributed by atoms with E-state index in [-0.39, 0.29) is 12.4 Å². The molecule has 1 fully saturated rings. The molecule has 0 bridgehead atoms. The van der Waals surface area contributed by atoms with Gasteiger partial charge in [-0.15, -0.1) is 0 Å². The first-order valence-electron chi connectivity index (χ1n) is 5.79. The number of hydrogen-bond acceptors (Lipinski definition) is 4. The van der Waals surface area contributed by atoms with Crippen LogP contribution in [-0.2, 0) is 19.6 Å². The Kier molecular flexibility index (Phi) is 5.35. The normalized spacial score (nSPS) is 22.5. The molecule has 0 radical (unpaired) electrons. The summed E-state index contributed by atoms with van der Waals surface area (Å²) in [6.45, 7) is 2.65. The minimum atomic E-state index is -3.52. The van der Waals surface area contributed by atoms with Crippen molar-refractivity contribution in [3.8, 4) is 0 Å². The maximum absolute atomic E-state index is 12.0. The van der Waals surface area contributed by atoms with Gasteiger partial charge in [-0.2, -0.15) is 4.31 Å². The molecule has 1 aliphatic heterocycles. The van der Waals surface area contributed by atoms with E-state index in [9.17, 15) is 13.2 Å². The lowest BCUT2D eigenvalue weighted by molar-refractivity contribution is -0.142. The van der Waals surface area contributed by atoms with Crippen molar-refractivity contribution in [2.75, 3.05) is 25.5 Å². The average Bonchev–Trinajstić information content (AvgIpc) is 2.29. The number of piperidine rings is 1. The summed E-state index contributed by atoms with van der Waals surface area (Å²) in [7, 11) is -3.52. The van der Waals surface area contributed by atoms with E-state index < -0.39 is 22.0 Å². The Bertz CT molecular complexity index is 354. The van der Waals surface area contributed by atoms with Gasteiger partial charge in [-0.3, -0.25) is 4.79 Å². The quantitative estimate of drug-likeness (QED) is 0.698. The van der Waals surface area contributed by atoms with Gasteiger partial charge < -0.3 is 9.84 Å². The number of carboxylic acids is 1. The SMILES string of the molecule is CCOCCS(=O)(=O)N1CCCC[C@H]1C(=O)O. The van der Waals surface area contributed by atoms with Crippen LogP contribution in [-0.4, -0.2) is 55.4 Å². The molecule has 0 aromatic carbocycles. The first-order valence-corrected chi connectivity index (χ1v) is 7.40. The molecule has 0 aromatic heterocycles. The third-order valence-electron chi connectivity index (χ3n) is 2.79. The Balaban J connectivity index is 2.69. The van der Waals surface area contributed by atoms with Gasteiger partial charge in [-0.05, 0) is 26.2 Å². The van der Waals surface area contributed by atoms with Crippen molar-refractivity contribution in [3.63, 3.8) is 0 Å². The second kappa shape index (κ2) is 6.32. The van der Waals surface area contributed by atoms with E-state index in [1.165, 1.54) is 0 Å². The van der Waals surface area contributed by atoms with Gasteiger partial charge in [0.1, 0.15) is 6.04 Å². The van der Waals surface area contributed by atoms with Gasteiger partial charge >= 0.3 is 5.97 Å². The summed E-state index contributed by atoms with van der Waals surface area (Å²) in [4.78, 5) is 11.0. The Labute approximate surface area is 102 Å². The topological polar surface area (TPSA) is 83.9 Å². The molecule has 17 heavy (non-hydrogen) atoms. The summed E-state index contributed by atoms with van der Waals surface area (Å²) < 4.78 is 30.0. The van der Waals surface area contributed by atoms with Crippen LogP contribution < -0.4 is 0 Å². The van der Waals surface area contributed by atoms with Gasteiger partial charge in [-0.25, -0.2) is 8.42 Å². The van der Waals surface area contributed by atoms with Gasteiger partial charge in [0.05, 0.1) is 12.4 Å².